The van der Waals surface area contributed by atoms with Crippen molar-refractivity contribution in [2.45, 2.75) is 39.8 Å². The van der Waals surface area contributed by atoms with Crippen LogP contribution in [-0.2, 0) is 4.74 Å². The number of hydrogen-bond donors (Lipinski definition) is 1. The molecule has 1 N–H and O–H groups in total. The fourth-order valence-electron chi connectivity index (χ4n) is 1.48. The fourth-order valence-corrected chi connectivity index (χ4v) is 2.11. The van der Waals surface area contributed by atoms with Crippen LogP contribution in [0.1, 0.15) is 38.6 Å². The number of hydrogen-bond acceptors (Lipinski definition) is 4. The summed E-state index contributed by atoms with van der Waals surface area (Å²) in [6.07, 6.45) is 1.92. The highest BCUT2D eigenvalue weighted by atomic mass is 32.1. The molecule has 0 amide bonds. The minimum Gasteiger partial charge on any atom is -0.380 e. The molecule has 16 heavy (non-hydrogen) atoms. The number of ether oxygens (including phenoxy) is 1. The van der Waals surface area contributed by atoms with Crippen molar-refractivity contribution in [1.82, 2.24) is 10.3 Å². The third-order valence-corrected chi connectivity index (χ3v) is 3.19. The van der Waals surface area contributed by atoms with E-state index in [9.17, 15) is 0 Å². The Kier molecular flexibility index (Phi) is 5.95. The molecule has 1 aromatic heterocycles. The van der Waals surface area contributed by atoms with E-state index >= 15 is 0 Å². The van der Waals surface area contributed by atoms with Gasteiger partial charge in [-0.25, -0.2) is 0 Å². The molecule has 4 heteroatoms. The topological polar surface area (TPSA) is 34.1 Å². The van der Waals surface area contributed by atoms with Crippen LogP contribution in [0.15, 0.2) is 11.7 Å². The van der Waals surface area contributed by atoms with Crippen LogP contribution in [0.5, 0.6) is 0 Å². The normalized spacial score (nSPS) is 15.3. The summed E-state index contributed by atoms with van der Waals surface area (Å²) in [5, 5.41) is 3.50. The zero-order chi connectivity index (χ0) is 12.0. The van der Waals surface area contributed by atoms with Crippen molar-refractivity contribution in [1.29, 1.82) is 0 Å². The van der Waals surface area contributed by atoms with Gasteiger partial charge in [0, 0.05) is 29.8 Å². The largest absolute Gasteiger partial charge is 0.380 e. The molecular weight excluding hydrogens is 220 g/mol. The van der Waals surface area contributed by atoms with Crippen molar-refractivity contribution in [3.8, 4) is 0 Å². The van der Waals surface area contributed by atoms with E-state index in [1.165, 1.54) is 4.88 Å². The van der Waals surface area contributed by atoms with Crippen molar-refractivity contribution in [2.24, 2.45) is 5.92 Å². The summed E-state index contributed by atoms with van der Waals surface area (Å²) in [5.41, 5.74) is 1.87. The third kappa shape index (κ3) is 5.05. The summed E-state index contributed by atoms with van der Waals surface area (Å²) in [6, 6.07) is 0.723. The highest BCUT2D eigenvalue weighted by Crippen LogP contribution is 2.16. The first-order valence-corrected chi connectivity index (χ1v) is 6.69. The molecule has 0 fully saturated rings. The van der Waals surface area contributed by atoms with E-state index in [-0.39, 0.29) is 0 Å². The molecule has 2 unspecified atom stereocenters. The SMILES string of the molecule is CC(C)COCC(C)NC(C)c1cncs1. The average molecular weight is 242 g/mol. The quantitative estimate of drug-likeness (QED) is 0.798. The van der Waals surface area contributed by atoms with Crippen molar-refractivity contribution < 1.29 is 4.74 Å². The number of nitrogens with one attached hydrogen (secondary N) is 1. The summed E-state index contributed by atoms with van der Waals surface area (Å²) < 4.78 is 5.60. The van der Waals surface area contributed by atoms with Gasteiger partial charge in [-0.05, 0) is 19.8 Å². The molecule has 1 rings (SSSR count). The maximum Gasteiger partial charge on any atom is 0.0794 e. The first kappa shape index (κ1) is 13.6. The van der Waals surface area contributed by atoms with Crippen LogP contribution in [0.3, 0.4) is 0 Å². The molecule has 1 aromatic rings. The summed E-state index contributed by atoms with van der Waals surface area (Å²) >= 11 is 1.69. The Balaban J connectivity index is 2.21. The molecule has 3 nitrogen and oxygen atoms in total. The van der Waals surface area contributed by atoms with Crippen LogP contribution < -0.4 is 5.32 Å². The molecule has 0 aliphatic carbocycles. The Bertz CT molecular complexity index is 275. The van der Waals surface area contributed by atoms with E-state index in [0.717, 1.165) is 13.2 Å². The molecule has 0 aliphatic rings. The highest BCUT2D eigenvalue weighted by molar-refractivity contribution is 7.09. The fraction of sp³-hybridized carbons (Fsp3) is 0.750. The second-order valence-electron chi connectivity index (χ2n) is 4.62. The van der Waals surface area contributed by atoms with Gasteiger partial charge in [0.2, 0.25) is 0 Å². The molecule has 0 aromatic carbocycles. The standard InChI is InChI=1S/C12H22N2OS/c1-9(2)6-15-7-10(3)14-11(4)12-5-13-8-16-12/h5,8-11,14H,6-7H2,1-4H3. The van der Waals surface area contributed by atoms with Crippen LogP contribution in [0.4, 0.5) is 0 Å². The molecule has 0 saturated carbocycles. The van der Waals surface area contributed by atoms with E-state index in [4.69, 9.17) is 4.74 Å². The van der Waals surface area contributed by atoms with Gasteiger partial charge in [0.15, 0.2) is 0 Å². The van der Waals surface area contributed by atoms with Gasteiger partial charge in [0.1, 0.15) is 0 Å². The molecule has 0 spiro atoms. The summed E-state index contributed by atoms with van der Waals surface area (Å²) in [6.45, 7) is 10.2. The molecule has 0 saturated heterocycles. The molecule has 0 radical (unpaired) electrons. The molecule has 2 atom stereocenters. The van der Waals surface area contributed by atoms with Gasteiger partial charge in [0.25, 0.3) is 0 Å². The summed E-state index contributed by atoms with van der Waals surface area (Å²) in [7, 11) is 0. The monoisotopic (exact) mass is 242 g/mol. The Morgan fingerprint density at radius 1 is 1.31 bits per heavy atom. The Morgan fingerprint density at radius 2 is 2.06 bits per heavy atom. The van der Waals surface area contributed by atoms with Gasteiger partial charge < -0.3 is 10.1 Å². The number of thiazole rings is 1. The average Bonchev–Trinajstić information content (AvgIpc) is 2.69. The smallest absolute Gasteiger partial charge is 0.0794 e. The second-order valence-corrected chi connectivity index (χ2v) is 5.54. The maximum absolute atomic E-state index is 5.60. The third-order valence-electron chi connectivity index (χ3n) is 2.23. The minimum atomic E-state index is 0.352. The number of nitrogens with zero attached hydrogens (tertiary/aromatic N) is 1. The van der Waals surface area contributed by atoms with Crippen molar-refractivity contribution in [2.75, 3.05) is 13.2 Å². The lowest BCUT2D eigenvalue weighted by molar-refractivity contribution is 0.0916. The Labute approximate surface area is 102 Å². The van der Waals surface area contributed by atoms with E-state index in [1.54, 1.807) is 11.3 Å². The lowest BCUT2D eigenvalue weighted by Gasteiger charge is -2.19. The lowest BCUT2D eigenvalue weighted by Crippen LogP contribution is -2.32. The van der Waals surface area contributed by atoms with Gasteiger partial charge in [0.05, 0.1) is 12.1 Å². The molecular formula is C12H22N2OS. The van der Waals surface area contributed by atoms with Crippen LogP contribution >= 0.6 is 11.3 Å². The zero-order valence-electron chi connectivity index (χ0n) is 10.6. The minimum absolute atomic E-state index is 0.352. The van der Waals surface area contributed by atoms with Crippen LogP contribution in [0.25, 0.3) is 0 Å². The zero-order valence-corrected chi connectivity index (χ0v) is 11.4. The Morgan fingerprint density at radius 3 is 2.62 bits per heavy atom. The van der Waals surface area contributed by atoms with Crippen LogP contribution in [-0.4, -0.2) is 24.2 Å². The van der Waals surface area contributed by atoms with E-state index < -0.39 is 0 Å². The van der Waals surface area contributed by atoms with Crippen LogP contribution in [0.2, 0.25) is 0 Å². The summed E-state index contributed by atoms with van der Waals surface area (Å²) in [5.74, 6) is 0.603. The van der Waals surface area contributed by atoms with Crippen molar-refractivity contribution in [3.05, 3.63) is 16.6 Å². The van der Waals surface area contributed by atoms with Crippen molar-refractivity contribution >= 4 is 11.3 Å². The molecule has 0 aliphatic heterocycles. The summed E-state index contributed by atoms with van der Waals surface area (Å²) in [4.78, 5) is 5.36. The van der Waals surface area contributed by atoms with E-state index in [0.29, 0.717) is 18.0 Å². The second kappa shape index (κ2) is 6.99. The van der Waals surface area contributed by atoms with Crippen molar-refractivity contribution in [3.63, 3.8) is 0 Å². The maximum atomic E-state index is 5.60. The first-order chi connectivity index (χ1) is 7.59. The predicted molar refractivity (Wildman–Crippen MR) is 68.8 cm³/mol. The van der Waals surface area contributed by atoms with Gasteiger partial charge in [-0.2, -0.15) is 0 Å². The van der Waals surface area contributed by atoms with E-state index in [1.807, 2.05) is 11.7 Å². The highest BCUT2D eigenvalue weighted by Gasteiger charge is 2.10. The number of aromatic nitrogens is 1. The predicted octanol–water partition coefficient (Wildman–Crippen LogP) is 2.85. The van der Waals surface area contributed by atoms with Gasteiger partial charge in [-0.1, -0.05) is 13.8 Å². The molecule has 92 valence electrons. The number of rotatable bonds is 7. The molecule has 1 heterocycles. The van der Waals surface area contributed by atoms with Crippen LogP contribution in [0, 0.1) is 5.92 Å². The van der Waals surface area contributed by atoms with Gasteiger partial charge in [-0.15, -0.1) is 11.3 Å². The Hall–Kier alpha value is -0.450. The lowest BCUT2D eigenvalue weighted by atomic mass is 10.2. The molecule has 0 bridgehead atoms. The van der Waals surface area contributed by atoms with E-state index in [2.05, 4.69) is 38.0 Å². The van der Waals surface area contributed by atoms with Gasteiger partial charge in [-0.3, -0.25) is 4.98 Å². The first-order valence-electron chi connectivity index (χ1n) is 5.81. The van der Waals surface area contributed by atoms with Gasteiger partial charge >= 0.3 is 0 Å².